The molecule has 1 aromatic rings. The summed E-state index contributed by atoms with van der Waals surface area (Å²) in [6.07, 6.45) is 2.90. The summed E-state index contributed by atoms with van der Waals surface area (Å²) in [4.78, 5) is 0.752. The molecule has 0 aliphatic rings. The van der Waals surface area contributed by atoms with Crippen molar-refractivity contribution in [2.75, 3.05) is 5.84 Å². The van der Waals surface area contributed by atoms with Crippen molar-refractivity contribution in [3.8, 4) is 0 Å². The van der Waals surface area contributed by atoms with Crippen LogP contribution in [0.4, 0.5) is 0 Å². The Morgan fingerprint density at radius 3 is 1.21 bits per heavy atom. The van der Waals surface area contributed by atoms with Crippen LogP contribution in [-0.2, 0) is 0 Å². The van der Waals surface area contributed by atoms with Crippen molar-refractivity contribution in [2.24, 2.45) is 0 Å². The highest BCUT2D eigenvalue weighted by atomic mass is 35.5. The van der Waals surface area contributed by atoms with E-state index in [1.165, 1.54) is 12.4 Å². The van der Waals surface area contributed by atoms with Crippen LogP contribution in [0.5, 0.6) is 0 Å². The number of nitrogen functional groups attached to an aromatic ring is 1. The molecule has 0 amide bonds. The number of hydrogen-bond donors (Lipinski definition) is 2. The summed E-state index contributed by atoms with van der Waals surface area (Å²) >= 11 is 0. The fourth-order valence-corrected chi connectivity index (χ4v) is 1.66. The number of aromatic amines is 1. The molecule has 176 valence electrons. The molecule has 0 atom stereocenters. The Morgan fingerprint density at radius 1 is 0.441 bits per heavy atom. The third kappa shape index (κ3) is 22.0. The highest BCUT2D eigenvalue weighted by molar-refractivity contribution is 5.85. The molecule has 0 radical (unpaired) electrons. The van der Waals surface area contributed by atoms with Crippen LogP contribution in [-0.4, -0.2) is 46.4 Å². The van der Waals surface area contributed by atoms with Crippen LogP contribution in [0.15, 0.2) is 140 Å². The monoisotopic (exact) mass is 478 g/mol. The number of nitrogens with one attached hydrogen (secondary N) is 1. The predicted octanol–water partition coefficient (Wildman–Crippen LogP) is 3.59. The van der Waals surface area contributed by atoms with Crippen molar-refractivity contribution in [3.05, 3.63) is 140 Å². The number of nitrogens with zero attached hydrogens (tertiary/aromatic N) is 8. The van der Waals surface area contributed by atoms with Gasteiger partial charge >= 0.3 is 0 Å². The van der Waals surface area contributed by atoms with Crippen LogP contribution < -0.4 is 5.84 Å². The number of rotatable bonds is 0. The van der Waals surface area contributed by atoms with E-state index in [0.29, 0.717) is 0 Å². The number of H-pyrrole nitrogens is 1. The third-order valence-electron chi connectivity index (χ3n) is 3.00. The van der Waals surface area contributed by atoms with Gasteiger partial charge in [-0.3, -0.25) is 0 Å². The molecule has 0 spiro atoms. The van der Waals surface area contributed by atoms with Crippen molar-refractivity contribution in [1.29, 1.82) is 0 Å². The molecule has 0 aliphatic heterocycles. The average Bonchev–Trinajstić information content (AvgIpc) is 2.82. The normalized spacial score (nSPS) is 7.88. The van der Waals surface area contributed by atoms with Gasteiger partial charge in [-0.05, 0) is 38.2 Å². The van der Waals surface area contributed by atoms with E-state index in [1.54, 1.807) is 24.3 Å². The summed E-state index contributed by atoms with van der Waals surface area (Å²) in [7, 11) is 0. The minimum atomic E-state index is 0. The fraction of sp³-hybridized carbons (Fsp3) is 0. The lowest BCUT2D eigenvalue weighted by Gasteiger charge is -1.84. The quantitative estimate of drug-likeness (QED) is 0.539. The van der Waals surface area contributed by atoms with E-state index in [9.17, 15) is 0 Å². The molecule has 0 aromatic carbocycles. The first-order valence-corrected chi connectivity index (χ1v) is 9.76. The molecule has 3 N–H and O–H groups in total. The molecule has 11 heteroatoms. The van der Waals surface area contributed by atoms with Gasteiger partial charge < -0.3 is 5.84 Å². The maximum atomic E-state index is 5.46. The van der Waals surface area contributed by atoms with Gasteiger partial charge in [-0.1, -0.05) is 120 Å². The van der Waals surface area contributed by atoms with E-state index in [1.807, 2.05) is 103 Å². The lowest BCUT2D eigenvalue weighted by molar-refractivity contribution is 0.543. The van der Waals surface area contributed by atoms with Gasteiger partial charge in [-0.15, -0.1) is 22.6 Å². The van der Waals surface area contributed by atoms with Crippen molar-refractivity contribution in [2.45, 2.75) is 0 Å². The minimum absolute atomic E-state index is 0. The zero-order valence-corrected chi connectivity index (χ0v) is 19.2. The zero-order chi connectivity index (χ0) is 23.5. The van der Waals surface area contributed by atoms with E-state index < -0.39 is 0 Å². The Labute approximate surface area is 204 Å². The largest absolute Gasteiger partial charge is 0.305 e. The van der Waals surface area contributed by atoms with Crippen molar-refractivity contribution in [3.63, 3.8) is 0 Å². The molecular formula is C23H27ClN10. The summed E-state index contributed by atoms with van der Waals surface area (Å²) in [5.41, 5.74) is 0. The molecule has 1 aromatic heterocycles. The van der Waals surface area contributed by atoms with Gasteiger partial charge in [0.1, 0.15) is 0 Å². The average molecular weight is 479 g/mol. The number of aromatic nitrogens is 9. The second-order valence-corrected chi connectivity index (χ2v) is 5.47. The minimum Gasteiger partial charge on any atom is -0.305 e. The van der Waals surface area contributed by atoms with Gasteiger partial charge in [-0.25, -0.2) is 0 Å². The zero-order valence-electron chi connectivity index (χ0n) is 18.3. The SMILES string of the molecule is Cl.Nn1nncccccccccccccccccccccccnnnnn[nH]1. The third-order valence-corrected chi connectivity index (χ3v) is 3.00. The Kier molecular flexibility index (Phi) is 21.2. The second-order valence-electron chi connectivity index (χ2n) is 5.47. The summed E-state index contributed by atoms with van der Waals surface area (Å²) in [5, 5.41) is 26.7. The summed E-state index contributed by atoms with van der Waals surface area (Å²) in [6, 6.07) is 39.7. The van der Waals surface area contributed by atoms with Crippen LogP contribution in [0.1, 0.15) is 0 Å². The lowest BCUT2D eigenvalue weighted by atomic mass is 10.4. The van der Waals surface area contributed by atoms with Gasteiger partial charge in [-0.2, -0.15) is 5.21 Å². The molecule has 0 bridgehead atoms. The summed E-state index contributed by atoms with van der Waals surface area (Å²) in [5.74, 6) is 5.46. The molecule has 0 aliphatic carbocycles. The molecule has 1 heterocycles. The Bertz CT molecular complexity index is 1010. The highest BCUT2D eigenvalue weighted by Gasteiger charge is 1.66. The van der Waals surface area contributed by atoms with Gasteiger partial charge in [0.15, 0.2) is 0 Å². The van der Waals surface area contributed by atoms with E-state index in [4.69, 9.17) is 5.84 Å². The summed E-state index contributed by atoms with van der Waals surface area (Å²) in [6.45, 7) is 0. The van der Waals surface area contributed by atoms with Crippen LogP contribution in [0, 0.1) is 0 Å². The summed E-state index contributed by atoms with van der Waals surface area (Å²) < 4.78 is 0. The maximum Gasteiger partial charge on any atom is 0.0514 e. The Balaban J connectivity index is 0.0000109. The molecule has 0 saturated heterocycles. The topological polar surface area (TPSA) is 137 Å². The van der Waals surface area contributed by atoms with E-state index in [2.05, 4.69) is 41.5 Å². The van der Waals surface area contributed by atoms with Gasteiger partial charge in [0.05, 0.1) is 12.4 Å². The fourth-order valence-electron chi connectivity index (χ4n) is 1.66. The molecule has 1 rings (SSSR count). The van der Waals surface area contributed by atoms with Crippen LogP contribution in [0.3, 0.4) is 0 Å². The number of nitrogens with two attached hydrogens (primary N) is 1. The van der Waals surface area contributed by atoms with Crippen molar-refractivity contribution < 1.29 is 0 Å². The second kappa shape index (κ2) is 24.6. The van der Waals surface area contributed by atoms with E-state index in [-0.39, 0.29) is 12.4 Å². The van der Waals surface area contributed by atoms with E-state index in [0.717, 1.165) is 4.91 Å². The van der Waals surface area contributed by atoms with Crippen molar-refractivity contribution in [1.82, 2.24) is 46.4 Å². The standard InChI is InChI=1S/C23H26N10.ClH/c24-33-31-26-23-21-19-17-15-13-11-9-7-5-3-1-2-4-6-8-10-12-14-16-18-20-22-25-27-28-29-30-32-33;/h1-23H,24H2,(H,27,29,32);1H. The van der Waals surface area contributed by atoms with Crippen LogP contribution in [0.2, 0.25) is 0 Å². The van der Waals surface area contributed by atoms with Gasteiger partial charge in [0, 0.05) is 0 Å². The number of hydrogen-bond acceptors (Lipinski definition) is 8. The highest BCUT2D eigenvalue weighted by Crippen LogP contribution is 1.80. The van der Waals surface area contributed by atoms with E-state index >= 15 is 0 Å². The Morgan fingerprint density at radius 2 is 0.794 bits per heavy atom. The maximum absolute atomic E-state index is 5.46. The number of halogens is 1. The predicted molar refractivity (Wildman–Crippen MR) is 134 cm³/mol. The Hall–Kier alpha value is -4.70. The molecule has 34 heavy (non-hydrogen) atoms. The first kappa shape index (κ1) is 29.3. The first-order valence-electron chi connectivity index (χ1n) is 9.76. The molecule has 0 saturated carbocycles. The van der Waals surface area contributed by atoms with Gasteiger partial charge in [0.2, 0.25) is 0 Å². The van der Waals surface area contributed by atoms with Crippen LogP contribution in [0.25, 0.3) is 0 Å². The smallest absolute Gasteiger partial charge is 0.0514 e. The molecule has 10 nitrogen and oxygen atoms in total. The molecular weight excluding hydrogens is 452 g/mol. The van der Waals surface area contributed by atoms with Gasteiger partial charge in [0.25, 0.3) is 0 Å². The van der Waals surface area contributed by atoms with Crippen molar-refractivity contribution >= 4 is 12.4 Å². The first-order chi connectivity index (χ1) is 16.4. The van der Waals surface area contributed by atoms with Crippen LogP contribution >= 0.6 is 12.4 Å². The molecule has 0 fully saturated rings. The lowest BCUT2D eigenvalue weighted by Crippen LogP contribution is -2.17. The molecule has 0 unspecified atom stereocenters.